The molecule has 0 bridgehead atoms. The zero-order valence-electron chi connectivity index (χ0n) is 14.1. The Bertz CT molecular complexity index is 720. The first-order valence-electron chi connectivity index (χ1n) is 8.32. The standard InChI is InChI=1S/C17H24N2O3S2/c1-13-7-9-19(15-5-3-4-6-16(15)23-13)17(20)11-18(2)14-8-10-24(21,22)12-14/h3-6,13-14H,7-12H2,1-2H3/t13-,14+/m0/s1. The van der Waals surface area contributed by atoms with E-state index < -0.39 is 9.84 Å². The molecule has 0 aliphatic carbocycles. The Labute approximate surface area is 148 Å². The summed E-state index contributed by atoms with van der Waals surface area (Å²) in [7, 11) is -1.08. The van der Waals surface area contributed by atoms with Crippen LogP contribution in [0.25, 0.3) is 0 Å². The van der Waals surface area contributed by atoms with E-state index >= 15 is 0 Å². The number of benzene rings is 1. The van der Waals surface area contributed by atoms with Gasteiger partial charge in [-0.3, -0.25) is 9.69 Å². The molecule has 132 valence electrons. The molecule has 2 aliphatic rings. The summed E-state index contributed by atoms with van der Waals surface area (Å²) >= 11 is 1.81. The van der Waals surface area contributed by atoms with Gasteiger partial charge in [-0.15, -0.1) is 11.8 Å². The molecule has 0 spiro atoms. The molecule has 0 radical (unpaired) electrons. The van der Waals surface area contributed by atoms with E-state index in [2.05, 4.69) is 13.0 Å². The Morgan fingerprint density at radius 2 is 2.08 bits per heavy atom. The van der Waals surface area contributed by atoms with Gasteiger partial charge in [0.1, 0.15) is 0 Å². The molecule has 0 saturated carbocycles. The summed E-state index contributed by atoms with van der Waals surface area (Å²) in [6, 6.07) is 7.98. The highest BCUT2D eigenvalue weighted by Crippen LogP contribution is 2.37. The van der Waals surface area contributed by atoms with E-state index in [4.69, 9.17) is 0 Å². The predicted octanol–water partition coefficient (Wildman–Crippen LogP) is 2.02. The maximum Gasteiger partial charge on any atom is 0.241 e. The lowest BCUT2D eigenvalue weighted by Crippen LogP contribution is -2.43. The van der Waals surface area contributed by atoms with Crippen LogP contribution >= 0.6 is 11.8 Å². The number of para-hydroxylation sites is 1. The second-order valence-electron chi connectivity index (χ2n) is 6.70. The smallest absolute Gasteiger partial charge is 0.241 e. The number of rotatable bonds is 3. The molecule has 1 aromatic rings. The average Bonchev–Trinajstić information content (AvgIpc) is 2.79. The van der Waals surface area contributed by atoms with Crippen molar-refractivity contribution in [3.05, 3.63) is 24.3 Å². The average molecular weight is 369 g/mol. The summed E-state index contributed by atoms with van der Waals surface area (Å²) in [6.45, 7) is 3.15. The van der Waals surface area contributed by atoms with Gasteiger partial charge in [0.25, 0.3) is 0 Å². The normalized spacial score (nSPS) is 26.2. The third kappa shape index (κ3) is 3.95. The molecule has 0 unspecified atom stereocenters. The third-order valence-corrected chi connectivity index (χ3v) is 7.75. The predicted molar refractivity (Wildman–Crippen MR) is 98.4 cm³/mol. The fraction of sp³-hybridized carbons (Fsp3) is 0.588. The van der Waals surface area contributed by atoms with Crippen molar-refractivity contribution in [1.29, 1.82) is 0 Å². The lowest BCUT2D eigenvalue weighted by molar-refractivity contribution is -0.119. The van der Waals surface area contributed by atoms with Gasteiger partial charge in [0, 0.05) is 22.7 Å². The van der Waals surface area contributed by atoms with Gasteiger partial charge in [0.2, 0.25) is 5.91 Å². The van der Waals surface area contributed by atoms with Crippen LogP contribution in [0.3, 0.4) is 0 Å². The molecular weight excluding hydrogens is 344 g/mol. The van der Waals surface area contributed by atoms with Crippen LogP contribution in [0.1, 0.15) is 19.8 Å². The summed E-state index contributed by atoms with van der Waals surface area (Å²) in [5, 5.41) is 0.474. The zero-order valence-corrected chi connectivity index (χ0v) is 15.8. The van der Waals surface area contributed by atoms with E-state index in [0.29, 0.717) is 18.2 Å². The minimum Gasteiger partial charge on any atom is -0.310 e. The van der Waals surface area contributed by atoms with Crippen molar-refractivity contribution in [1.82, 2.24) is 4.90 Å². The maximum absolute atomic E-state index is 12.9. The fourth-order valence-electron chi connectivity index (χ4n) is 3.30. The molecule has 1 aromatic carbocycles. The van der Waals surface area contributed by atoms with E-state index in [0.717, 1.165) is 17.0 Å². The second kappa shape index (κ2) is 7.06. The fourth-order valence-corrected chi connectivity index (χ4v) is 6.21. The Kier molecular flexibility index (Phi) is 5.22. The largest absolute Gasteiger partial charge is 0.310 e. The van der Waals surface area contributed by atoms with E-state index in [1.165, 1.54) is 0 Å². The minimum atomic E-state index is -2.93. The number of carbonyl (C=O) groups excluding carboxylic acids is 1. The summed E-state index contributed by atoms with van der Waals surface area (Å²) < 4.78 is 23.3. The molecule has 3 rings (SSSR count). The molecule has 1 fully saturated rings. The monoisotopic (exact) mass is 368 g/mol. The van der Waals surface area contributed by atoms with Gasteiger partial charge >= 0.3 is 0 Å². The van der Waals surface area contributed by atoms with Crippen molar-refractivity contribution < 1.29 is 13.2 Å². The van der Waals surface area contributed by atoms with Gasteiger partial charge in [0.05, 0.1) is 23.7 Å². The summed E-state index contributed by atoms with van der Waals surface area (Å²) in [5.74, 6) is 0.445. The van der Waals surface area contributed by atoms with Crippen LogP contribution in [0, 0.1) is 0 Å². The molecule has 1 saturated heterocycles. The van der Waals surface area contributed by atoms with Crippen molar-refractivity contribution in [3.63, 3.8) is 0 Å². The number of thioether (sulfide) groups is 1. The van der Waals surface area contributed by atoms with Gasteiger partial charge in [0.15, 0.2) is 9.84 Å². The van der Waals surface area contributed by atoms with Gasteiger partial charge in [-0.05, 0) is 32.0 Å². The molecule has 1 amide bonds. The Morgan fingerprint density at radius 3 is 2.79 bits per heavy atom. The highest BCUT2D eigenvalue weighted by Gasteiger charge is 2.32. The number of likely N-dealkylation sites (N-methyl/N-ethyl adjacent to an activating group) is 1. The lowest BCUT2D eigenvalue weighted by atomic mass is 10.2. The first-order valence-corrected chi connectivity index (χ1v) is 11.0. The lowest BCUT2D eigenvalue weighted by Gasteiger charge is -2.28. The number of anilines is 1. The molecule has 5 nitrogen and oxygen atoms in total. The highest BCUT2D eigenvalue weighted by molar-refractivity contribution is 8.00. The number of fused-ring (bicyclic) bond motifs is 1. The van der Waals surface area contributed by atoms with Crippen molar-refractivity contribution >= 4 is 33.2 Å². The summed E-state index contributed by atoms with van der Waals surface area (Å²) in [4.78, 5) is 17.8. The third-order valence-electron chi connectivity index (χ3n) is 4.76. The number of hydrogen-bond donors (Lipinski definition) is 0. The molecule has 2 atom stereocenters. The number of hydrogen-bond acceptors (Lipinski definition) is 5. The quantitative estimate of drug-likeness (QED) is 0.817. The van der Waals surface area contributed by atoms with Crippen LogP contribution in [-0.4, -0.2) is 62.2 Å². The SMILES string of the molecule is C[C@H]1CCN(C(=O)CN(C)[C@@H]2CCS(=O)(=O)C2)c2ccccc2S1. The van der Waals surface area contributed by atoms with Crippen molar-refractivity contribution in [2.75, 3.05) is 36.5 Å². The summed E-state index contributed by atoms with van der Waals surface area (Å²) in [6.07, 6.45) is 1.57. The molecule has 24 heavy (non-hydrogen) atoms. The van der Waals surface area contributed by atoms with Crippen molar-refractivity contribution in [2.45, 2.75) is 36.0 Å². The second-order valence-corrected chi connectivity index (χ2v) is 10.4. The Balaban J connectivity index is 1.73. The zero-order chi connectivity index (χ0) is 17.3. The van der Waals surface area contributed by atoms with Crippen LogP contribution in [-0.2, 0) is 14.6 Å². The van der Waals surface area contributed by atoms with Gasteiger partial charge in [-0.2, -0.15) is 0 Å². The molecule has 0 aromatic heterocycles. The topological polar surface area (TPSA) is 57.7 Å². The van der Waals surface area contributed by atoms with E-state index in [-0.39, 0.29) is 30.0 Å². The minimum absolute atomic E-state index is 0.0453. The molecule has 7 heteroatoms. The van der Waals surface area contributed by atoms with Crippen LogP contribution in [0.2, 0.25) is 0 Å². The van der Waals surface area contributed by atoms with Gasteiger partial charge in [-0.1, -0.05) is 19.1 Å². The van der Waals surface area contributed by atoms with E-state index in [1.54, 1.807) is 0 Å². The van der Waals surface area contributed by atoms with Crippen LogP contribution in [0.15, 0.2) is 29.2 Å². The first-order chi connectivity index (χ1) is 11.4. The number of sulfone groups is 1. The first kappa shape index (κ1) is 17.8. The van der Waals surface area contributed by atoms with E-state index in [1.807, 2.05) is 46.8 Å². The molecule has 2 heterocycles. The number of amides is 1. The van der Waals surface area contributed by atoms with Gasteiger partial charge < -0.3 is 4.90 Å². The molecule has 2 aliphatic heterocycles. The van der Waals surface area contributed by atoms with Crippen LogP contribution < -0.4 is 4.90 Å². The van der Waals surface area contributed by atoms with Crippen molar-refractivity contribution in [3.8, 4) is 0 Å². The van der Waals surface area contributed by atoms with Crippen LogP contribution in [0.5, 0.6) is 0 Å². The van der Waals surface area contributed by atoms with E-state index in [9.17, 15) is 13.2 Å². The highest BCUT2D eigenvalue weighted by atomic mass is 32.2. The maximum atomic E-state index is 12.9. The number of nitrogens with zero attached hydrogens (tertiary/aromatic N) is 2. The Morgan fingerprint density at radius 1 is 1.33 bits per heavy atom. The van der Waals surface area contributed by atoms with Crippen LogP contribution in [0.4, 0.5) is 5.69 Å². The van der Waals surface area contributed by atoms with Crippen molar-refractivity contribution in [2.24, 2.45) is 0 Å². The Hall–Kier alpha value is -1.05. The number of carbonyl (C=O) groups is 1. The molecular formula is C17H24N2O3S2. The van der Waals surface area contributed by atoms with Gasteiger partial charge in [-0.25, -0.2) is 8.42 Å². The summed E-state index contributed by atoms with van der Waals surface area (Å²) in [5.41, 5.74) is 0.976. The molecule has 0 N–H and O–H groups in total.